The van der Waals surface area contributed by atoms with Crippen LogP contribution in [-0.2, 0) is 11.8 Å². The molecule has 0 saturated heterocycles. The molecule has 0 N–H and O–H groups in total. The fourth-order valence-electron chi connectivity index (χ4n) is 8.45. The lowest BCUT2D eigenvalue weighted by Gasteiger charge is -2.34. The molecule has 48 heavy (non-hydrogen) atoms. The second-order valence-electron chi connectivity index (χ2n) is 13.5. The Balaban J connectivity index is 1.25. The van der Waals surface area contributed by atoms with Gasteiger partial charge >= 0.3 is 0 Å². The summed E-state index contributed by atoms with van der Waals surface area (Å²) in [7, 11) is 0. The van der Waals surface area contributed by atoms with Gasteiger partial charge < -0.3 is 0 Å². The number of benzene rings is 7. The molecule has 0 radical (unpaired) electrons. The normalized spacial score (nSPS) is 15.3. The van der Waals surface area contributed by atoms with Crippen LogP contribution in [0.4, 0.5) is 0 Å². The number of rotatable bonds is 4. The van der Waals surface area contributed by atoms with Crippen molar-refractivity contribution in [3.05, 3.63) is 212 Å². The van der Waals surface area contributed by atoms with E-state index in [-0.39, 0.29) is 0 Å². The summed E-state index contributed by atoms with van der Waals surface area (Å²) >= 11 is 3.98. The lowest BCUT2D eigenvalue weighted by molar-refractivity contribution is 0.767. The number of hydrogen-bond acceptors (Lipinski definition) is 0. The van der Waals surface area contributed by atoms with Gasteiger partial charge in [0.1, 0.15) is 0 Å². The van der Waals surface area contributed by atoms with Gasteiger partial charge in [-0.2, -0.15) is 0 Å². The van der Waals surface area contributed by atoms with Gasteiger partial charge in [0.15, 0.2) is 0 Å². The highest BCUT2D eigenvalue weighted by atomic mass is 79.9. The molecule has 0 spiro atoms. The summed E-state index contributed by atoms with van der Waals surface area (Å²) in [4.78, 5) is 0. The highest BCUT2D eigenvalue weighted by Crippen LogP contribution is 2.58. The lowest BCUT2D eigenvalue weighted by atomic mass is 9.67. The van der Waals surface area contributed by atoms with Crippen molar-refractivity contribution in [2.24, 2.45) is 0 Å². The van der Waals surface area contributed by atoms with Crippen molar-refractivity contribution in [1.29, 1.82) is 0 Å². The molecular formula is C47H35Br. The zero-order valence-electron chi connectivity index (χ0n) is 27.2. The Morgan fingerprint density at radius 1 is 0.521 bits per heavy atom. The van der Waals surface area contributed by atoms with Crippen LogP contribution in [-0.4, -0.2) is 0 Å². The van der Waals surface area contributed by atoms with Gasteiger partial charge in [-0.05, 0) is 105 Å². The van der Waals surface area contributed by atoms with Gasteiger partial charge in [0.25, 0.3) is 0 Å². The molecule has 0 nitrogen and oxygen atoms in total. The van der Waals surface area contributed by atoms with Crippen molar-refractivity contribution in [3.8, 4) is 33.4 Å². The molecule has 0 aromatic heterocycles. The van der Waals surface area contributed by atoms with Crippen LogP contribution < -0.4 is 0 Å². The zero-order valence-corrected chi connectivity index (χ0v) is 28.8. The minimum Gasteiger partial charge on any atom is -0.0622 e. The highest BCUT2D eigenvalue weighted by Gasteiger charge is 2.47. The predicted molar refractivity (Wildman–Crippen MR) is 204 cm³/mol. The molecule has 0 unspecified atom stereocenters. The molecule has 9 rings (SSSR count). The fraction of sp³-hybridized carbons (Fsp3) is 0.106. The third-order valence-corrected chi connectivity index (χ3v) is 11.4. The van der Waals surface area contributed by atoms with Crippen LogP contribution in [0.2, 0.25) is 0 Å². The standard InChI is InChI=1S/C47H35Br/c1-30-15-22-36(23-16-30)47(37-24-17-31(2)18-25-37)43-13-8-14-45(48)46(43)40-26-21-34(29-44(40)47)33-19-20-35-28-41(32-9-4-3-5-10-32)38-11-6-7-12-39(38)42(35)27-33/h3-27,29,41H,28H2,1-2H3/t41-/m0/s1. The largest absolute Gasteiger partial charge is 0.0714 e. The van der Waals surface area contributed by atoms with Gasteiger partial charge in [-0.25, -0.2) is 0 Å². The predicted octanol–water partition coefficient (Wildman–Crippen LogP) is 12.5. The minimum absolute atomic E-state index is 0.363. The van der Waals surface area contributed by atoms with Crippen molar-refractivity contribution in [2.45, 2.75) is 31.6 Å². The maximum absolute atomic E-state index is 3.98. The van der Waals surface area contributed by atoms with E-state index in [4.69, 9.17) is 0 Å². The Labute approximate surface area is 291 Å². The number of fused-ring (bicyclic) bond motifs is 6. The lowest BCUT2D eigenvalue weighted by Crippen LogP contribution is -2.28. The molecule has 1 atom stereocenters. The second kappa shape index (κ2) is 11.3. The third-order valence-electron chi connectivity index (χ3n) is 10.8. The van der Waals surface area contributed by atoms with Crippen LogP contribution >= 0.6 is 15.9 Å². The van der Waals surface area contributed by atoms with E-state index >= 15 is 0 Å². The van der Waals surface area contributed by atoms with Gasteiger partial charge in [-0.3, -0.25) is 0 Å². The first-order valence-corrected chi connectivity index (χ1v) is 17.7. The molecule has 2 aliphatic rings. The monoisotopic (exact) mass is 678 g/mol. The fourth-order valence-corrected chi connectivity index (χ4v) is 9.03. The second-order valence-corrected chi connectivity index (χ2v) is 14.4. The average molecular weight is 680 g/mol. The van der Waals surface area contributed by atoms with E-state index in [1.165, 1.54) is 83.5 Å². The Bertz CT molecular complexity index is 2280. The molecule has 0 bridgehead atoms. The minimum atomic E-state index is -0.449. The van der Waals surface area contributed by atoms with E-state index in [0.717, 1.165) is 10.9 Å². The molecule has 0 saturated carbocycles. The van der Waals surface area contributed by atoms with Crippen molar-refractivity contribution < 1.29 is 0 Å². The summed E-state index contributed by atoms with van der Waals surface area (Å²) < 4.78 is 1.13. The topological polar surface area (TPSA) is 0 Å². The summed E-state index contributed by atoms with van der Waals surface area (Å²) in [6, 6.07) is 59.4. The average Bonchev–Trinajstić information content (AvgIpc) is 3.43. The van der Waals surface area contributed by atoms with E-state index in [9.17, 15) is 0 Å². The first-order chi connectivity index (χ1) is 23.5. The molecular weight excluding hydrogens is 644 g/mol. The summed E-state index contributed by atoms with van der Waals surface area (Å²) in [5.41, 5.74) is 19.3. The summed E-state index contributed by atoms with van der Waals surface area (Å²) in [5, 5.41) is 0. The molecule has 0 aliphatic heterocycles. The van der Waals surface area contributed by atoms with E-state index < -0.39 is 5.41 Å². The third kappa shape index (κ3) is 4.41. The van der Waals surface area contributed by atoms with Crippen LogP contribution in [0.25, 0.3) is 33.4 Å². The number of aryl methyl sites for hydroxylation is 2. The Kier molecular flexibility index (Phi) is 6.88. The van der Waals surface area contributed by atoms with Crippen LogP contribution in [0.1, 0.15) is 56.0 Å². The van der Waals surface area contributed by atoms with Gasteiger partial charge in [0, 0.05) is 16.0 Å². The van der Waals surface area contributed by atoms with Crippen molar-refractivity contribution in [3.63, 3.8) is 0 Å². The van der Waals surface area contributed by atoms with Gasteiger partial charge in [-0.15, -0.1) is 0 Å². The zero-order chi connectivity index (χ0) is 32.4. The van der Waals surface area contributed by atoms with Crippen molar-refractivity contribution >= 4 is 15.9 Å². The van der Waals surface area contributed by atoms with Crippen LogP contribution in [0, 0.1) is 13.8 Å². The summed E-state index contributed by atoms with van der Waals surface area (Å²) in [6.07, 6.45) is 1.01. The van der Waals surface area contributed by atoms with Gasteiger partial charge in [0.2, 0.25) is 0 Å². The van der Waals surface area contributed by atoms with Crippen molar-refractivity contribution in [2.75, 3.05) is 0 Å². The molecule has 230 valence electrons. The first-order valence-electron chi connectivity index (χ1n) is 16.9. The Morgan fingerprint density at radius 3 is 1.90 bits per heavy atom. The van der Waals surface area contributed by atoms with E-state index in [1.807, 2.05) is 0 Å². The quantitative estimate of drug-likeness (QED) is 0.174. The highest BCUT2D eigenvalue weighted by molar-refractivity contribution is 9.10. The Morgan fingerprint density at radius 2 is 1.17 bits per heavy atom. The van der Waals surface area contributed by atoms with Crippen molar-refractivity contribution in [1.82, 2.24) is 0 Å². The summed E-state index contributed by atoms with van der Waals surface area (Å²) in [6.45, 7) is 4.34. The van der Waals surface area contributed by atoms with Crippen LogP contribution in [0.15, 0.2) is 162 Å². The summed E-state index contributed by atoms with van der Waals surface area (Å²) in [5.74, 6) is 0.363. The van der Waals surface area contributed by atoms with Gasteiger partial charge in [0.05, 0.1) is 5.41 Å². The molecule has 0 heterocycles. The molecule has 1 heteroatoms. The smallest absolute Gasteiger partial charge is 0.0622 e. The SMILES string of the molecule is Cc1ccc(C2(c3ccc(C)cc3)c3cc(-c4ccc5c(c4)-c4ccccc4[C@H](c4ccccc4)C5)ccc3-c3c(Br)cccc32)cc1. The maximum atomic E-state index is 3.98. The maximum Gasteiger partial charge on any atom is 0.0714 e. The molecule has 2 aliphatic carbocycles. The number of halogens is 1. The van der Waals surface area contributed by atoms with Gasteiger partial charge in [-0.1, -0.05) is 167 Å². The Hall–Kier alpha value is -4.98. The molecule has 0 fully saturated rings. The van der Waals surface area contributed by atoms with E-state index in [0.29, 0.717) is 5.92 Å². The van der Waals surface area contributed by atoms with E-state index in [1.54, 1.807) is 0 Å². The first kappa shape index (κ1) is 29.2. The molecule has 7 aromatic carbocycles. The molecule has 7 aromatic rings. The van der Waals surface area contributed by atoms with Crippen LogP contribution in [0.5, 0.6) is 0 Å². The molecule has 0 amide bonds. The van der Waals surface area contributed by atoms with E-state index in [2.05, 4.69) is 188 Å². The number of hydrogen-bond donors (Lipinski definition) is 0. The van der Waals surface area contributed by atoms with Crippen LogP contribution in [0.3, 0.4) is 0 Å².